The maximum atomic E-state index is 13.3. The first-order valence-electron chi connectivity index (χ1n) is 6.55. The molecule has 0 unspecified atom stereocenters. The van der Waals surface area contributed by atoms with E-state index in [0.717, 1.165) is 17.4 Å². The van der Waals surface area contributed by atoms with E-state index < -0.39 is 0 Å². The number of carbonyl (C=O) groups is 1. The van der Waals surface area contributed by atoms with Crippen molar-refractivity contribution >= 4 is 6.29 Å². The minimum atomic E-state index is -0.340. The third kappa shape index (κ3) is 2.60. The van der Waals surface area contributed by atoms with Crippen molar-refractivity contribution in [1.29, 1.82) is 0 Å². The number of halogens is 1. The molecule has 1 heterocycles. The van der Waals surface area contributed by atoms with Crippen LogP contribution in [0.25, 0.3) is 16.9 Å². The van der Waals surface area contributed by atoms with Crippen LogP contribution in [0.1, 0.15) is 15.9 Å². The van der Waals surface area contributed by atoms with Gasteiger partial charge in [0, 0.05) is 11.8 Å². The second-order valence-electron chi connectivity index (χ2n) is 4.84. The van der Waals surface area contributed by atoms with Gasteiger partial charge in [-0.15, -0.1) is 0 Å². The number of benzene rings is 2. The Morgan fingerprint density at radius 1 is 1.14 bits per heavy atom. The number of nitrogens with zero attached hydrogens (tertiary/aromatic N) is 2. The summed E-state index contributed by atoms with van der Waals surface area (Å²) in [6.07, 6.45) is 2.37. The summed E-state index contributed by atoms with van der Waals surface area (Å²) in [6, 6.07) is 13.9. The van der Waals surface area contributed by atoms with Gasteiger partial charge in [-0.3, -0.25) is 4.79 Å². The minimum Gasteiger partial charge on any atom is -0.298 e. The molecular weight excluding hydrogens is 267 g/mol. The van der Waals surface area contributed by atoms with Crippen molar-refractivity contribution < 1.29 is 9.18 Å². The highest BCUT2D eigenvalue weighted by Gasteiger charge is 2.11. The molecule has 0 radical (unpaired) electrons. The Balaban J connectivity index is 2.10. The summed E-state index contributed by atoms with van der Waals surface area (Å²) in [5.74, 6) is -0.340. The van der Waals surface area contributed by atoms with E-state index >= 15 is 0 Å². The number of hydrogen-bond donors (Lipinski definition) is 0. The Bertz CT molecular complexity index is 791. The summed E-state index contributed by atoms with van der Waals surface area (Å²) in [5.41, 5.74) is 3.64. The molecule has 3 rings (SSSR count). The Kier molecular flexibility index (Phi) is 3.36. The lowest BCUT2D eigenvalue weighted by atomic mass is 10.1. The first-order chi connectivity index (χ1) is 10.2. The topological polar surface area (TPSA) is 34.9 Å². The number of aromatic nitrogens is 2. The number of aryl methyl sites for hydroxylation is 1. The average molecular weight is 280 g/mol. The maximum absolute atomic E-state index is 13.3. The van der Waals surface area contributed by atoms with Gasteiger partial charge in [0.05, 0.1) is 11.3 Å². The summed E-state index contributed by atoms with van der Waals surface area (Å²) in [7, 11) is 0. The maximum Gasteiger partial charge on any atom is 0.153 e. The van der Waals surface area contributed by atoms with Gasteiger partial charge in [-0.25, -0.2) is 9.07 Å². The first kappa shape index (κ1) is 13.2. The molecular formula is C17H13FN2O. The fourth-order valence-electron chi connectivity index (χ4n) is 2.16. The molecule has 2 aromatic carbocycles. The van der Waals surface area contributed by atoms with Gasteiger partial charge in [0.2, 0.25) is 0 Å². The molecule has 0 aliphatic rings. The second-order valence-corrected chi connectivity index (χ2v) is 4.84. The Labute approximate surface area is 121 Å². The lowest BCUT2D eigenvalue weighted by molar-refractivity contribution is 0.112. The molecule has 0 N–H and O–H groups in total. The molecule has 3 nitrogen and oxygen atoms in total. The fraction of sp³-hybridized carbons (Fsp3) is 0.0588. The quantitative estimate of drug-likeness (QED) is 0.684. The van der Waals surface area contributed by atoms with E-state index in [4.69, 9.17) is 0 Å². The van der Waals surface area contributed by atoms with Crippen molar-refractivity contribution in [2.24, 2.45) is 0 Å². The van der Waals surface area contributed by atoms with Crippen LogP contribution >= 0.6 is 0 Å². The van der Waals surface area contributed by atoms with Gasteiger partial charge >= 0.3 is 0 Å². The Morgan fingerprint density at radius 3 is 2.57 bits per heavy atom. The van der Waals surface area contributed by atoms with Gasteiger partial charge in [0.25, 0.3) is 0 Å². The van der Waals surface area contributed by atoms with E-state index in [-0.39, 0.29) is 5.82 Å². The van der Waals surface area contributed by atoms with Gasteiger partial charge in [-0.2, -0.15) is 5.10 Å². The van der Waals surface area contributed by atoms with Crippen LogP contribution in [0.5, 0.6) is 0 Å². The molecule has 0 aliphatic heterocycles. The minimum absolute atomic E-state index is 0.340. The van der Waals surface area contributed by atoms with Gasteiger partial charge < -0.3 is 0 Å². The van der Waals surface area contributed by atoms with Crippen LogP contribution in [0, 0.1) is 12.7 Å². The number of carbonyl (C=O) groups excluding carboxylic acids is 1. The molecule has 0 saturated carbocycles. The second kappa shape index (κ2) is 5.32. The standard InChI is InChI=1S/C17H13FN2O/c1-12-5-7-13(8-6-12)17-14(11-21)10-20(19-17)16-4-2-3-15(18)9-16/h2-11H,1H3. The van der Waals surface area contributed by atoms with Gasteiger partial charge in [-0.05, 0) is 25.1 Å². The third-order valence-corrected chi connectivity index (χ3v) is 3.27. The molecule has 0 spiro atoms. The van der Waals surface area contributed by atoms with Gasteiger partial charge in [0.1, 0.15) is 11.5 Å². The Morgan fingerprint density at radius 2 is 1.90 bits per heavy atom. The summed E-state index contributed by atoms with van der Waals surface area (Å²) in [6.45, 7) is 2.00. The normalized spacial score (nSPS) is 10.6. The van der Waals surface area contributed by atoms with Crippen molar-refractivity contribution in [3.05, 3.63) is 71.7 Å². The average Bonchev–Trinajstić information content (AvgIpc) is 2.92. The van der Waals surface area contributed by atoms with Crippen LogP contribution in [-0.4, -0.2) is 16.1 Å². The van der Waals surface area contributed by atoms with E-state index in [9.17, 15) is 9.18 Å². The highest BCUT2D eigenvalue weighted by molar-refractivity contribution is 5.85. The Hall–Kier alpha value is -2.75. The van der Waals surface area contributed by atoms with Crippen LogP contribution < -0.4 is 0 Å². The fourth-order valence-corrected chi connectivity index (χ4v) is 2.16. The molecule has 4 heteroatoms. The monoisotopic (exact) mass is 280 g/mol. The largest absolute Gasteiger partial charge is 0.298 e. The zero-order valence-electron chi connectivity index (χ0n) is 11.5. The molecule has 21 heavy (non-hydrogen) atoms. The predicted molar refractivity (Wildman–Crippen MR) is 79.1 cm³/mol. The SMILES string of the molecule is Cc1ccc(-c2nn(-c3cccc(F)c3)cc2C=O)cc1. The molecule has 0 atom stereocenters. The molecule has 1 aromatic heterocycles. The highest BCUT2D eigenvalue weighted by atomic mass is 19.1. The molecule has 104 valence electrons. The van der Waals surface area contributed by atoms with E-state index in [2.05, 4.69) is 5.10 Å². The summed E-state index contributed by atoms with van der Waals surface area (Å²) in [5, 5.41) is 4.41. The summed E-state index contributed by atoms with van der Waals surface area (Å²) >= 11 is 0. The molecule has 0 aliphatic carbocycles. The van der Waals surface area contributed by atoms with Crippen LogP contribution in [-0.2, 0) is 0 Å². The van der Waals surface area contributed by atoms with Crippen molar-refractivity contribution in [1.82, 2.24) is 9.78 Å². The van der Waals surface area contributed by atoms with Crippen LogP contribution in [0.4, 0.5) is 4.39 Å². The van der Waals surface area contributed by atoms with Crippen molar-refractivity contribution in [3.63, 3.8) is 0 Å². The van der Waals surface area contributed by atoms with Gasteiger partial charge in [-0.1, -0.05) is 35.9 Å². The number of hydrogen-bond acceptors (Lipinski definition) is 2. The highest BCUT2D eigenvalue weighted by Crippen LogP contribution is 2.23. The van der Waals surface area contributed by atoms with Crippen LogP contribution in [0.3, 0.4) is 0 Å². The van der Waals surface area contributed by atoms with E-state index in [1.165, 1.54) is 16.8 Å². The molecule has 0 amide bonds. The van der Waals surface area contributed by atoms with E-state index in [0.29, 0.717) is 16.9 Å². The number of rotatable bonds is 3. The van der Waals surface area contributed by atoms with Gasteiger partial charge in [0.15, 0.2) is 6.29 Å². The summed E-state index contributed by atoms with van der Waals surface area (Å²) in [4.78, 5) is 11.3. The van der Waals surface area contributed by atoms with E-state index in [1.807, 2.05) is 31.2 Å². The first-order valence-corrected chi connectivity index (χ1v) is 6.55. The number of aldehydes is 1. The van der Waals surface area contributed by atoms with Crippen molar-refractivity contribution in [3.8, 4) is 16.9 Å². The third-order valence-electron chi connectivity index (χ3n) is 3.27. The van der Waals surface area contributed by atoms with Crippen LogP contribution in [0.15, 0.2) is 54.7 Å². The molecule has 0 saturated heterocycles. The van der Waals surface area contributed by atoms with Crippen molar-refractivity contribution in [2.75, 3.05) is 0 Å². The lowest BCUT2D eigenvalue weighted by Crippen LogP contribution is -1.95. The lowest BCUT2D eigenvalue weighted by Gasteiger charge is -2.01. The smallest absolute Gasteiger partial charge is 0.153 e. The van der Waals surface area contributed by atoms with Crippen molar-refractivity contribution in [2.45, 2.75) is 6.92 Å². The summed E-state index contributed by atoms with van der Waals surface area (Å²) < 4.78 is 14.8. The zero-order valence-corrected chi connectivity index (χ0v) is 11.5. The zero-order chi connectivity index (χ0) is 14.8. The molecule has 3 aromatic rings. The van der Waals surface area contributed by atoms with Crippen LogP contribution in [0.2, 0.25) is 0 Å². The predicted octanol–water partition coefficient (Wildman–Crippen LogP) is 3.80. The molecule has 0 bridgehead atoms. The van der Waals surface area contributed by atoms with E-state index in [1.54, 1.807) is 18.3 Å². The molecule has 0 fully saturated rings.